The predicted octanol–water partition coefficient (Wildman–Crippen LogP) is 4.34. The predicted molar refractivity (Wildman–Crippen MR) is 146 cm³/mol. The monoisotopic (exact) mass is 581 g/mol. The van der Waals surface area contributed by atoms with Gasteiger partial charge in [-0.3, -0.25) is 13.9 Å². The van der Waals surface area contributed by atoms with E-state index in [1.54, 1.807) is 36.1 Å². The van der Waals surface area contributed by atoms with E-state index in [2.05, 4.69) is 21.2 Å². The maximum atomic E-state index is 13.4. The zero-order valence-corrected chi connectivity index (χ0v) is 24.1. The van der Waals surface area contributed by atoms with Crippen molar-refractivity contribution >= 4 is 43.5 Å². The molecule has 0 heterocycles. The molecular formula is C26H36BrN3O5S. The van der Waals surface area contributed by atoms with Crippen molar-refractivity contribution < 1.29 is 22.7 Å². The first-order valence-electron chi connectivity index (χ1n) is 11.7. The molecule has 0 bridgehead atoms. The van der Waals surface area contributed by atoms with Crippen molar-refractivity contribution in [3.63, 3.8) is 0 Å². The molecule has 1 atom stereocenters. The van der Waals surface area contributed by atoms with Crippen LogP contribution in [0.15, 0.2) is 53.0 Å². The number of nitrogens with zero attached hydrogens (tertiary/aromatic N) is 2. The van der Waals surface area contributed by atoms with Crippen LogP contribution in [0, 0.1) is 0 Å². The van der Waals surface area contributed by atoms with Crippen LogP contribution in [0.1, 0.15) is 46.1 Å². The third-order valence-electron chi connectivity index (χ3n) is 5.40. The van der Waals surface area contributed by atoms with Crippen LogP contribution in [0.4, 0.5) is 5.69 Å². The molecule has 0 fully saturated rings. The summed E-state index contributed by atoms with van der Waals surface area (Å²) in [6, 6.07) is 13.6. The van der Waals surface area contributed by atoms with Gasteiger partial charge in [-0.05, 0) is 63.9 Å². The third kappa shape index (κ3) is 9.13. The fourth-order valence-corrected chi connectivity index (χ4v) is 5.06. The van der Waals surface area contributed by atoms with E-state index in [4.69, 9.17) is 4.74 Å². The first-order valence-corrected chi connectivity index (χ1v) is 14.3. The molecule has 2 aromatic rings. The number of anilines is 1. The molecule has 36 heavy (non-hydrogen) atoms. The Balaban J connectivity index is 2.20. The van der Waals surface area contributed by atoms with E-state index in [0.717, 1.165) is 16.3 Å². The standard InChI is InChI=1S/C26H36BrN3O5S/c1-19(25(32)28-26(2,3)4)29(18-20-10-7-11-21(27)16-20)24(31)14-9-15-30(36(6,33)34)22-12-8-13-23(17-22)35-5/h7-8,10-13,16-17,19H,9,14-15,18H2,1-6H3,(H,28,32)/t19-/m1/s1. The summed E-state index contributed by atoms with van der Waals surface area (Å²) < 4.78 is 32.3. The molecule has 10 heteroatoms. The third-order valence-corrected chi connectivity index (χ3v) is 7.09. The van der Waals surface area contributed by atoms with Crippen LogP contribution >= 0.6 is 15.9 Å². The largest absolute Gasteiger partial charge is 0.497 e. The molecule has 0 radical (unpaired) electrons. The number of halogens is 1. The highest BCUT2D eigenvalue weighted by atomic mass is 79.9. The minimum atomic E-state index is -3.58. The average Bonchev–Trinajstić information content (AvgIpc) is 2.77. The van der Waals surface area contributed by atoms with Crippen molar-refractivity contribution in [1.29, 1.82) is 0 Å². The maximum Gasteiger partial charge on any atom is 0.242 e. The van der Waals surface area contributed by atoms with E-state index in [0.29, 0.717) is 11.4 Å². The lowest BCUT2D eigenvalue weighted by molar-refractivity contribution is -0.141. The highest BCUT2D eigenvalue weighted by Crippen LogP contribution is 2.24. The van der Waals surface area contributed by atoms with Crippen LogP contribution in [0.5, 0.6) is 5.75 Å². The number of ether oxygens (including phenoxy) is 1. The minimum Gasteiger partial charge on any atom is -0.497 e. The van der Waals surface area contributed by atoms with Gasteiger partial charge in [-0.2, -0.15) is 0 Å². The summed E-state index contributed by atoms with van der Waals surface area (Å²) >= 11 is 3.45. The first kappa shape index (κ1) is 29.6. The van der Waals surface area contributed by atoms with Gasteiger partial charge in [0, 0.05) is 35.6 Å². The zero-order chi connectivity index (χ0) is 27.1. The van der Waals surface area contributed by atoms with Gasteiger partial charge >= 0.3 is 0 Å². The minimum absolute atomic E-state index is 0.0805. The number of benzene rings is 2. The maximum absolute atomic E-state index is 13.4. The molecule has 2 rings (SSSR count). The molecule has 2 amide bonds. The van der Waals surface area contributed by atoms with Crippen LogP contribution in [-0.4, -0.2) is 56.6 Å². The summed E-state index contributed by atoms with van der Waals surface area (Å²) in [6.07, 6.45) is 1.50. The Bertz CT molecular complexity index is 1160. The van der Waals surface area contributed by atoms with E-state index >= 15 is 0 Å². The van der Waals surface area contributed by atoms with Crippen LogP contribution in [0.2, 0.25) is 0 Å². The smallest absolute Gasteiger partial charge is 0.242 e. The number of nitrogens with one attached hydrogen (secondary N) is 1. The highest BCUT2D eigenvalue weighted by molar-refractivity contribution is 9.10. The lowest BCUT2D eigenvalue weighted by Crippen LogP contribution is -2.52. The number of rotatable bonds is 11. The number of hydrogen-bond donors (Lipinski definition) is 1. The molecule has 198 valence electrons. The zero-order valence-electron chi connectivity index (χ0n) is 21.7. The summed E-state index contributed by atoms with van der Waals surface area (Å²) in [5.41, 5.74) is 0.901. The van der Waals surface area contributed by atoms with E-state index in [9.17, 15) is 18.0 Å². The van der Waals surface area contributed by atoms with Gasteiger partial charge in [0.1, 0.15) is 11.8 Å². The van der Waals surface area contributed by atoms with Crippen LogP contribution in [-0.2, 0) is 26.2 Å². The Morgan fingerprint density at radius 2 is 1.78 bits per heavy atom. The summed E-state index contributed by atoms with van der Waals surface area (Å²) in [6.45, 7) is 7.73. The normalized spacial score (nSPS) is 12.5. The highest BCUT2D eigenvalue weighted by Gasteiger charge is 2.28. The Morgan fingerprint density at radius 1 is 1.11 bits per heavy atom. The van der Waals surface area contributed by atoms with Crippen LogP contribution < -0.4 is 14.4 Å². The van der Waals surface area contributed by atoms with E-state index in [1.807, 2.05) is 45.0 Å². The number of carbonyl (C=O) groups is 2. The second-order valence-electron chi connectivity index (χ2n) is 9.71. The fourth-order valence-electron chi connectivity index (χ4n) is 3.66. The summed E-state index contributed by atoms with van der Waals surface area (Å²) in [5.74, 6) is 0.0572. The second kappa shape index (κ2) is 12.6. The molecule has 0 aliphatic rings. The molecular weight excluding hydrogens is 546 g/mol. The molecule has 8 nitrogen and oxygen atoms in total. The Labute approximate surface area is 223 Å². The average molecular weight is 583 g/mol. The van der Waals surface area contributed by atoms with Crippen molar-refractivity contribution in [3.8, 4) is 5.75 Å². The number of sulfonamides is 1. The van der Waals surface area contributed by atoms with Crippen molar-refractivity contribution in [2.75, 3.05) is 24.2 Å². The summed E-state index contributed by atoms with van der Waals surface area (Å²) in [7, 11) is -2.07. The van der Waals surface area contributed by atoms with Gasteiger partial charge in [0.25, 0.3) is 0 Å². The van der Waals surface area contributed by atoms with Crippen LogP contribution in [0.25, 0.3) is 0 Å². The van der Waals surface area contributed by atoms with E-state index in [-0.39, 0.29) is 37.7 Å². The Morgan fingerprint density at radius 3 is 2.36 bits per heavy atom. The number of amides is 2. The van der Waals surface area contributed by atoms with Crippen molar-refractivity contribution in [2.24, 2.45) is 0 Å². The number of hydrogen-bond acceptors (Lipinski definition) is 5. The van der Waals surface area contributed by atoms with Crippen molar-refractivity contribution in [2.45, 2.75) is 58.7 Å². The van der Waals surface area contributed by atoms with Gasteiger partial charge < -0.3 is 15.0 Å². The SMILES string of the molecule is COc1cccc(N(CCCC(=O)N(Cc2cccc(Br)c2)[C@H](C)C(=O)NC(C)(C)C)S(C)(=O)=O)c1. The molecule has 0 saturated heterocycles. The van der Waals surface area contributed by atoms with Gasteiger partial charge in [0.2, 0.25) is 21.8 Å². The number of carbonyl (C=O) groups excluding carboxylic acids is 2. The molecule has 0 aliphatic carbocycles. The molecule has 0 spiro atoms. The lowest BCUT2D eigenvalue weighted by atomic mass is 10.1. The first-order chi connectivity index (χ1) is 16.7. The van der Waals surface area contributed by atoms with Crippen molar-refractivity contribution in [3.05, 3.63) is 58.6 Å². The van der Waals surface area contributed by atoms with Crippen LogP contribution in [0.3, 0.4) is 0 Å². The van der Waals surface area contributed by atoms with Gasteiger partial charge in [0.05, 0.1) is 19.1 Å². The summed E-state index contributed by atoms with van der Waals surface area (Å²) in [5, 5.41) is 2.94. The quantitative estimate of drug-likeness (QED) is 0.426. The van der Waals surface area contributed by atoms with Gasteiger partial charge in [-0.15, -0.1) is 0 Å². The number of methoxy groups -OCH3 is 1. The van der Waals surface area contributed by atoms with Crippen molar-refractivity contribution in [1.82, 2.24) is 10.2 Å². The van der Waals surface area contributed by atoms with E-state index in [1.165, 1.54) is 11.4 Å². The van der Waals surface area contributed by atoms with Gasteiger partial charge in [0.15, 0.2) is 0 Å². The molecule has 1 N–H and O–H groups in total. The topological polar surface area (TPSA) is 96.0 Å². The van der Waals surface area contributed by atoms with Gasteiger partial charge in [-0.1, -0.05) is 34.1 Å². The Kier molecular flexibility index (Phi) is 10.4. The fraction of sp³-hybridized carbons (Fsp3) is 0.462. The molecule has 0 saturated carbocycles. The lowest BCUT2D eigenvalue weighted by Gasteiger charge is -2.32. The molecule has 0 aromatic heterocycles. The van der Waals surface area contributed by atoms with E-state index < -0.39 is 21.6 Å². The molecule has 2 aromatic carbocycles. The van der Waals surface area contributed by atoms with Gasteiger partial charge in [-0.25, -0.2) is 8.42 Å². The molecule has 0 aliphatic heterocycles. The molecule has 0 unspecified atom stereocenters. The second-order valence-corrected chi connectivity index (χ2v) is 12.5. The summed E-state index contributed by atoms with van der Waals surface area (Å²) in [4.78, 5) is 27.8. The Hall–Kier alpha value is -2.59.